The number of likely N-dealkylation sites (N-methyl/N-ethyl adjacent to an activating group) is 1. The van der Waals surface area contributed by atoms with Gasteiger partial charge in [0.15, 0.2) is 0 Å². The van der Waals surface area contributed by atoms with Crippen molar-refractivity contribution in [1.82, 2.24) is 9.80 Å². The molecule has 0 bridgehead atoms. The Morgan fingerprint density at radius 3 is 2.45 bits per heavy atom. The van der Waals surface area contributed by atoms with Gasteiger partial charge < -0.3 is 14.4 Å². The van der Waals surface area contributed by atoms with E-state index in [1.54, 1.807) is 44.3 Å². The molecule has 1 amide bonds. The molecule has 0 unspecified atom stereocenters. The molecule has 22 heavy (non-hydrogen) atoms. The molecule has 7 heteroatoms. The highest BCUT2D eigenvalue weighted by Gasteiger charge is 2.12. The average molecular weight is 349 g/mol. The Bertz CT molecular complexity index is 484. The summed E-state index contributed by atoms with van der Waals surface area (Å²) in [6, 6.07) is 5.09. The molecule has 1 aromatic rings. The van der Waals surface area contributed by atoms with Crippen LogP contribution in [0.15, 0.2) is 18.2 Å². The number of methoxy groups -OCH3 is 1. The van der Waals surface area contributed by atoms with Crippen LogP contribution in [0.1, 0.15) is 0 Å². The maximum atomic E-state index is 11.8. The van der Waals surface area contributed by atoms with Crippen LogP contribution in [0.5, 0.6) is 5.75 Å². The van der Waals surface area contributed by atoms with E-state index in [2.05, 4.69) is 0 Å². The van der Waals surface area contributed by atoms with Crippen molar-refractivity contribution in [3.8, 4) is 5.75 Å². The number of hydrogen-bond acceptors (Lipinski definition) is 4. The highest BCUT2D eigenvalue weighted by molar-refractivity contribution is 6.35. The van der Waals surface area contributed by atoms with E-state index in [1.165, 1.54) is 0 Å². The second kappa shape index (κ2) is 9.90. The van der Waals surface area contributed by atoms with Gasteiger partial charge >= 0.3 is 0 Å². The summed E-state index contributed by atoms with van der Waals surface area (Å²) in [6.07, 6.45) is 0. The highest BCUT2D eigenvalue weighted by atomic mass is 35.5. The van der Waals surface area contributed by atoms with E-state index in [0.29, 0.717) is 48.6 Å². The van der Waals surface area contributed by atoms with E-state index in [9.17, 15) is 4.79 Å². The minimum absolute atomic E-state index is 0.0422. The third-order valence-corrected chi connectivity index (χ3v) is 3.56. The molecule has 0 saturated heterocycles. The Hall–Kier alpha value is -1.01. The molecule has 0 aromatic heterocycles. The van der Waals surface area contributed by atoms with E-state index >= 15 is 0 Å². The zero-order valence-corrected chi connectivity index (χ0v) is 14.7. The lowest BCUT2D eigenvalue weighted by Crippen LogP contribution is -2.40. The first-order chi connectivity index (χ1) is 10.4. The van der Waals surface area contributed by atoms with Gasteiger partial charge in [0.25, 0.3) is 0 Å². The van der Waals surface area contributed by atoms with Crippen LogP contribution in [-0.2, 0) is 9.53 Å². The molecule has 0 aliphatic rings. The lowest BCUT2D eigenvalue weighted by atomic mass is 10.3. The summed E-state index contributed by atoms with van der Waals surface area (Å²) >= 11 is 11.9. The summed E-state index contributed by atoms with van der Waals surface area (Å²) < 4.78 is 10.7. The lowest BCUT2D eigenvalue weighted by Gasteiger charge is -2.23. The zero-order chi connectivity index (χ0) is 16.5. The molecule has 1 rings (SSSR count). The first-order valence-electron chi connectivity index (χ1n) is 6.93. The largest absolute Gasteiger partial charge is 0.491 e. The summed E-state index contributed by atoms with van der Waals surface area (Å²) in [5.74, 6) is 0.623. The van der Waals surface area contributed by atoms with Gasteiger partial charge in [-0.1, -0.05) is 23.2 Å². The molecular weight excluding hydrogens is 327 g/mol. The van der Waals surface area contributed by atoms with Crippen molar-refractivity contribution in [1.29, 1.82) is 0 Å². The van der Waals surface area contributed by atoms with Crippen molar-refractivity contribution in [3.05, 3.63) is 28.2 Å². The van der Waals surface area contributed by atoms with E-state index in [0.717, 1.165) is 0 Å². The Balaban J connectivity index is 2.49. The molecule has 0 aliphatic heterocycles. The first-order valence-corrected chi connectivity index (χ1v) is 7.69. The number of halogens is 2. The van der Waals surface area contributed by atoms with Crippen LogP contribution in [0.4, 0.5) is 0 Å². The summed E-state index contributed by atoms with van der Waals surface area (Å²) in [4.78, 5) is 15.4. The van der Waals surface area contributed by atoms with Crippen molar-refractivity contribution in [2.75, 3.05) is 54.1 Å². The standard InChI is InChI=1S/C15H22Cl2N2O3/c1-18(2)15(20)11-19(6-8-21-3)7-9-22-14-5-4-12(16)10-13(14)17/h4-5,10H,6-9,11H2,1-3H3. The molecule has 0 fully saturated rings. The molecular formula is C15H22Cl2N2O3. The van der Waals surface area contributed by atoms with Crippen molar-refractivity contribution in [2.24, 2.45) is 0 Å². The fraction of sp³-hybridized carbons (Fsp3) is 0.533. The maximum absolute atomic E-state index is 11.8. The van der Waals surface area contributed by atoms with Gasteiger partial charge in [-0.15, -0.1) is 0 Å². The molecule has 5 nitrogen and oxygen atoms in total. The second-order valence-electron chi connectivity index (χ2n) is 4.98. The fourth-order valence-electron chi connectivity index (χ4n) is 1.70. The minimum Gasteiger partial charge on any atom is -0.491 e. The lowest BCUT2D eigenvalue weighted by molar-refractivity contribution is -0.130. The second-order valence-corrected chi connectivity index (χ2v) is 5.82. The molecule has 0 radical (unpaired) electrons. The molecule has 0 saturated carbocycles. The Morgan fingerprint density at radius 1 is 1.18 bits per heavy atom. The Kier molecular flexibility index (Phi) is 8.56. The molecule has 0 aliphatic carbocycles. The molecule has 0 N–H and O–H groups in total. The van der Waals surface area contributed by atoms with Crippen LogP contribution in [0.2, 0.25) is 10.0 Å². The van der Waals surface area contributed by atoms with E-state index in [1.807, 2.05) is 4.90 Å². The van der Waals surface area contributed by atoms with Gasteiger partial charge in [0.1, 0.15) is 12.4 Å². The van der Waals surface area contributed by atoms with Crippen molar-refractivity contribution in [3.63, 3.8) is 0 Å². The fourth-order valence-corrected chi connectivity index (χ4v) is 2.16. The average Bonchev–Trinajstić information content (AvgIpc) is 2.46. The number of hydrogen-bond donors (Lipinski definition) is 0. The molecule has 0 spiro atoms. The van der Waals surface area contributed by atoms with Crippen LogP contribution >= 0.6 is 23.2 Å². The maximum Gasteiger partial charge on any atom is 0.236 e. The van der Waals surface area contributed by atoms with Crippen LogP contribution in [0, 0.1) is 0 Å². The van der Waals surface area contributed by atoms with Crippen LogP contribution in [0.3, 0.4) is 0 Å². The summed E-state index contributed by atoms with van der Waals surface area (Å²) in [5, 5.41) is 1.04. The molecule has 0 atom stereocenters. The topological polar surface area (TPSA) is 42.0 Å². The summed E-state index contributed by atoms with van der Waals surface area (Å²) in [7, 11) is 5.11. The van der Waals surface area contributed by atoms with Crippen LogP contribution in [-0.4, -0.2) is 69.8 Å². The van der Waals surface area contributed by atoms with Crippen LogP contribution < -0.4 is 4.74 Å². The third-order valence-electron chi connectivity index (χ3n) is 3.03. The molecule has 1 aromatic carbocycles. The first kappa shape index (κ1) is 19.0. The van der Waals surface area contributed by atoms with Gasteiger partial charge in [-0.05, 0) is 18.2 Å². The highest BCUT2D eigenvalue weighted by Crippen LogP contribution is 2.27. The molecule has 0 heterocycles. The zero-order valence-electron chi connectivity index (χ0n) is 13.1. The van der Waals surface area contributed by atoms with Crippen molar-refractivity contribution < 1.29 is 14.3 Å². The minimum atomic E-state index is 0.0422. The van der Waals surface area contributed by atoms with Crippen LogP contribution in [0.25, 0.3) is 0 Å². The quantitative estimate of drug-likeness (QED) is 0.687. The van der Waals surface area contributed by atoms with Gasteiger partial charge in [0.05, 0.1) is 18.2 Å². The summed E-state index contributed by atoms with van der Waals surface area (Å²) in [5.41, 5.74) is 0. The van der Waals surface area contributed by atoms with Gasteiger partial charge in [-0.3, -0.25) is 9.69 Å². The number of carbonyl (C=O) groups is 1. The van der Waals surface area contributed by atoms with Gasteiger partial charge in [0.2, 0.25) is 5.91 Å². The number of nitrogens with zero attached hydrogens (tertiary/aromatic N) is 2. The Labute approximate surface area is 141 Å². The van der Waals surface area contributed by atoms with E-state index in [4.69, 9.17) is 32.7 Å². The number of benzene rings is 1. The van der Waals surface area contributed by atoms with Gasteiger partial charge in [-0.2, -0.15) is 0 Å². The van der Waals surface area contributed by atoms with Gasteiger partial charge in [-0.25, -0.2) is 0 Å². The normalized spacial score (nSPS) is 10.8. The number of rotatable bonds is 9. The Morgan fingerprint density at radius 2 is 1.86 bits per heavy atom. The van der Waals surface area contributed by atoms with Gasteiger partial charge in [0, 0.05) is 39.3 Å². The van der Waals surface area contributed by atoms with E-state index in [-0.39, 0.29) is 5.91 Å². The SMILES string of the molecule is COCCN(CCOc1ccc(Cl)cc1Cl)CC(=O)N(C)C. The summed E-state index contributed by atoms with van der Waals surface area (Å²) in [6.45, 7) is 2.57. The monoisotopic (exact) mass is 348 g/mol. The van der Waals surface area contributed by atoms with Crippen molar-refractivity contribution in [2.45, 2.75) is 0 Å². The number of ether oxygens (including phenoxy) is 2. The van der Waals surface area contributed by atoms with Crippen molar-refractivity contribution >= 4 is 29.1 Å². The smallest absolute Gasteiger partial charge is 0.236 e. The number of carbonyl (C=O) groups excluding carboxylic acids is 1. The third kappa shape index (κ3) is 6.83. The predicted molar refractivity (Wildman–Crippen MR) is 89.0 cm³/mol. The number of amides is 1. The predicted octanol–water partition coefficient (Wildman–Crippen LogP) is 2.41. The molecule has 124 valence electrons. The van der Waals surface area contributed by atoms with E-state index < -0.39 is 0 Å².